The van der Waals surface area contributed by atoms with E-state index in [-0.39, 0.29) is 11.7 Å². The monoisotopic (exact) mass is 523 g/mol. The number of amides is 1. The molecule has 0 atom stereocenters. The summed E-state index contributed by atoms with van der Waals surface area (Å²) in [6, 6.07) is 14.6. The molecule has 1 aliphatic heterocycles. The summed E-state index contributed by atoms with van der Waals surface area (Å²) in [4.78, 5) is 13.0. The number of carbonyl (C=O) groups is 1. The van der Waals surface area contributed by atoms with Crippen LogP contribution in [0.5, 0.6) is 17.2 Å². The molecule has 1 aliphatic rings. The van der Waals surface area contributed by atoms with Crippen molar-refractivity contribution in [2.24, 2.45) is 0 Å². The third kappa shape index (κ3) is 4.97. The topological polar surface area (TPSA) is 69.9 Å². The number of hydrogen-bond donors (Lipinski definition) is 1. The standard InChI is InChI=1S/C28H37NO5Si2/c1-18-13-25-26(36(7,8)12-11-35(25,5)6)15-19(18)14-20-9-10-22(34-20)28(30)29-27-23(32-3)16-21(31-2)17-24(27)33-4/h9-10,13,15-17H,11-12,14H2,1-8H3,(H,29,30). The van der Waals surface area contributed by atoms with Gasteiger partial charge in [-0.25, -0.2) is 0 Å². The molecule has 0 saturated carbocycles. The van der Waals surface area contributed by atoms with Gasteiger partial charge in [0.05, 0.1) is 37.5 Å². The second-order valence-corrected chi connectivity index (χ2v) is 20.5. The number of carbonyl (C=O) groups excluding carboxylic acids is 1. The fourth-order valence-corrected chi connectivity index (χ4v) is 15.4. The average molecular weight is 524 g/mol. The van der Waals surface area contributed by atoms with Gasteiger partial charge in [-0.15, -0.1) is 0 Å². The van der Waals surface area contributed by atoms with E-state index in [2.05, 4.69) is 50.6 Å². The zero-order chi connectivity index (χ0) is 26.3. The molecule has 1 aromatic heterocycles. The van der Waals surface area contributed by atoms with Crippen molar-refractivity contribution in [2.45, 2.75) is 51.6 Å². The highest BCUT2D eigenvalue weighted by molar-refractivity contribution is 7.03. The number of ether oxygens (including phenoxy) is 3. The van der Waals surface area contributed by atoms with Crippen LogP contribution >= 0.6 is 0 Å². The summed E-state index contributed by atoms with van der Waals surface area (Å²) in [7, 11) is 1.79. The lowest BCUT2D eigenvalue weighted by atomic mass is 10.0. The molecule has 3 aromatic rings. The lowest BCUT2D eigenvalue weighted by molar-refractivity contribution is 0.0994. The predicted molar refractivity (Wildman–Crippen MR) is 151 cm³/mol. The van der Waals surface area contributed by atoms with Gasteiger partial charge >= 0.3 is 0 Å². The molecule has 0 bridgehead atoms. The zero-order valence-corrected chi connectivity index (χ0v) is 24.6. The molecule has 0 fully saturated rings. The fraction of sp³-hybridized carbons (Fsp3) is 0.393. The third-order valence-corrected chi connectivity index (χ3v) is 15.0. The summed E-state index contributed by atoms with van der Waals surface area (Å²) < 4.78 is 22.2. The molecule has 8 heteroatoms. The second-order valence-electron chi connectivity index (χ2n) is 10.9. The normalized spacial score (nSPS) is 15.7. The van der Waals surface area contributed by atoms with E-state index in [4.69, 9.17) is 18.6 Å². The fourth-order valence-electron chi connectivity index (χ4n) is 5.04. The molecule has 6 nitrogen and oxygen atoms in total. The summed E-state index contributed by atoms with van der Waals surface area (Å²) in [6.07, 6.45) is 0.661. The highest BCUT2D eigenvalue weighted by Crippen LogP contribution is 2.39. The quantitative estimate of drug-likeness (QED) is 0.426. The average Bonchev–Trinajstić information content (AvgIpc) is 3.31. The van der Waals surface area contributed by atoms with Crippen molar-refractivity contribution < 1.29 is 23.4 Å². The van der Waals surface area contributed by atoms with E-state index in [9.17, 15) is 4.79 Å². The van der Waals surface area contributed by atoms with E-state index in [0.717, 1.165) is 5.76 Å². The maximum atomic E-state index is 13.0. The van der Waals surface area contributed by atoms with Gasteiger partial charge < -0.3 is 23.9 Å². The molecule has 2 heterocycles. The van der Waals surface area contributed by atoms with Crippen LogP contribution in [0.15, 0.2) is 40.8 Å². The zero-order valence-electron chi connectivity index (χ0n) is 22.6. The number of furan rings is 1. The maximum Gasteiger partial charge on any atom is 0.291 e. The first-order valence-electron chi connectivity index (χ1n) is 12.3. The summed E-state index contributed by atoms with van der Waals surface area (Å²) >= 11 is 0. The van der Waals surface area contributed by atoms with Crippen LogP contribution in [-0.2, 0) is 6.42 Å². The van der Waals surface area contributed by atoms with Crippen molar-refractivity contribution in [2.75, 3.05) is 26.6 Å². The van der Waals surface area contributed by atoms with Gasteiger partial charge in [0, 0.05) is 18.6 Å². The molecule has 0 saturated heterocycles. The van der Waals surface area contributed by atoms with Gasteiger partial charge in [-0.05, 0) is 30.2 Å². The number of fused-ring (bicyclic) bond motifs is 1. The first-order chi connectivity index (χ1) is 17.0. The Morgan fingerprint density at radius 2 is 1.47 bits per heavy atom. The summed E-state index contributed by atoms with van der Waals surface area (Å²) in [5.41, 5.74) is 3.00. The number of methoxy groups -OCH3 is 3. The Balaban J connectivity index is 1.58. The van der Waals surface area contributed by atoms with E-state index in [0.29, 0.717) is 29.4 Å². The molecule has 0 radical (unpaired) electrons. The highest BCUT2D eigenvalue weighted by atomic mass is 28.3. The lowest BCUT2D eigenvalue weighted by Gasteiger charge is -2.40. The van der Waals surface area contributed by atoms with E-state index in [1.54, 1.807) is 35.7 Å². The van der Waals surface area contributed by atoms with Crippen molar-refractivity contribution in [3.63, 3.8) is 0 Å². The summed E-state index contributed by atoms with van der Waals surface area (Å²) in [6.45, 7) is 12.2. The molecule has 36 heavy (non-hydrogen) atoms. The van der Waals surface area contributed by atoms with Gasteiger partial charge in [0.15, 0.2) is 5.76 Å². The molecular weight excluding hydrogens is 486 g/mol. The smallest absolute Gasteiger partial charge is 0.291 e. The Bertz CT molecular complexity index is 1270. The van der Waals surface area contributed by atoms with Crippen LogP contribution in [0.2, 0.25) is 38.3 Å². The minimum Gasteiger partial charge on any atom is -0.496 e. The van der Waals surface area contributed by atoms with Crippen molar-refractivity contribution >= 4 is 38.1 Å². The van der Waals surface area contributed by atoms with Crippen molar-refractivity contribution in [1.82, 2.24) is 0 Å². The Kier molecular flexibility index (Phi) is 7.12. The number of hydrogen-bond acceptors (Lipinski definition) is 5. The molecule has 0 unspecified atom stereocenters. The summed E-state index contributed by atoms with van der Waals surface area (Å²) in [5.74, 6) is 2.09. The lowest BCUT2D eigenvalue weighted by Crippen LogP contribution is -2.63. The Morgan fingerprint density at radius 1 is 0.889 bits per heavy atom. The Labute approximate surface area is 216 Å². The van der Waals surface area contributed by atoms with Gasteiger partial charge in [0.2, 0.25) is 0 Å². The van der Waals surface area contributed by atoms with E-state index in [1.165, 1.54) is 37.4 Å². The van der Waals surface area contributed by atoms with Crippen molar-refractivity contribution in [3.8, 4) is 17.2 Å². The molecule has 1 N–H and O–H groups in total. The van der Waals surface area contributed by atoms with Crippen LogP contribution in [0.4, 0.5) is 5.69 Å². The number of aryl methyl sites for hydroxylation is 1. The van der Waals surface area contributed by atoms with Crippen LogP contribution in [0, 0.1) is 6.92 Å². The molecule has 4 rings (SSSR count). The Morgan fingerprint density at radius 3 is 2.03 bits per heavy atom. The van der Waals surface area contributed by atoms with E-state index >= 15 is 0 Å². The minimum atomic E-state index is -1.45. The van der Waals surface area contributed by atoms with Gasteiger partial charge in [0.25, 0.3) is 5.91 Å². The number of rotatable bonds is 7. The molecule has 0 spiro atoms. The molecular formula is C28H37NO5Si2. The van der Waals surface area contributed by atoms with Gasteiger partial charge in [-0.2, -0.15) is 0 Å². The third-order valence-electron chi connectivity index (χ3n) is 7.51. The molecule has 0 aliphatic carbocycles. The summed E-state index contributed by atoms with van der Waals surface area (Å²) in [5, 5.41) is 6.14. The predicted octanol–water partition coefficient (Wildman–Crippen LogP) is 5.30. The second kappa shape index (κ2) is 9.82. The molecule has 2 aromatic carbocycles. The van der Waals surface area contributed by atoms with Crippen molar-refractivity contribution in [1.29, 1.82) is 0 Å². The van der Waals surface area contributed by atoms with Gasteiger partial charge in [-0.3, -0.25) is 4.79 Å². The SMILES string of the molecule is COc1cc(OC)c(NC(=O)c2ccc(Cc3cc4c(cc3C)[Si](C)(C)CC[Si]4(C)C)o2)c(OC)c1. The number of nitrogens with one attached hydrogen (secondary N) is 1. The number of anilines is 1. The van der Waals surface area contributed by atoms with Crippen LogP contribution < -0.4 is 29.9 Å². The number of benzene rings is 2. The molecule has 1 amide bonds. The van der Waals surface area contributed by atoms with Gasteiger partial charge in [-0.1, -0.05) is 60.8 Å². The first-order valence-corrected chi connectivity index (χ1v) is 18.7. The van der Waals surface area contributed by atoms with Crippen LogP contribution in [-0.4, -0.2) is 43.4 Å². The Hall–Kier alpha value is -2.98. The van der Waals surface area contributed by atoms with Crippen LogP contribution in [0.3, 0.4) is 0 Å². The van der Waals surface area contributed by atoms with Crippen molar-refractivity contribution in [3.05, 3.63) is 59.0 Å². The minimum absolute atomic E-state index is 0.240. The van der Waals surface area contributed by atoms with Crippen LogP contribution in [0.1, 0.15) is 27.4 Å². The molecule has 192 valence electrons. The van der Waals surface area contributed by atoms with Gasteiger partial charge in [0.1, 0.15) is 28.7 Å². The van der Waals surface area contributed by atoms with E-state index < -0.39 is 16.1 Å². The highest BCUT2D eigenvalue weighted by Gasteiger charge is 2.39. The van der Waals surface area contributed by atoms with E-state index in [1.807, 2.05) is 6.07 Å². The maximum absolute atomic E-state index is 13.0. The van der Waals surface area contributed by atoms with Crippen LogP contribution in [0.25, 0.3) is 0 Å². The first kappa shape index (κ1) is 26.1. The largest absolute Gasteiger partial charge is 0.496 e.